The lowest BCUT2D eigenvalue weighted by Gasteiger charge is -1.99. The summed E-state index contributed by atoms with van der Waals surface area (Å²) in [5.41, 5.74) is 2.59. The van der Waals surface area contributed by atoms with Crippen LogP contribution in [0.5, 0.6) is 0 Å². The topological polar surface area (TPSA) is 98.3 Å². The molecule has 30 heavy (non-hydrogen) atoms. The van der Waals surface area contributed by atoms with Gasteiger partial charge >= 0.3 is 0 Å². The van der Waals surface area contributed by atoms with Crippen LogP contribution >= 0.6 is 11.3 Å². The third-order valence-corrected chi connectivity index (χ3v) is 5.60. The number of hydrogen-bond donors (Lipinski definition) is 1. The highest BCUT2D eigenvalue weighted by molar-refractivity contribution is 7.22. The molecule has 0 bridgehead atoms. The van der Waals surface area contributed by atoms with Crippen LogP contribution in [0.25, 0.3) is 21.5 Å². The maximum absolute atomic E-state index is 12.6. The van der Waals surface area contributed by atoms with Crippen molar-refractivity contribution in [3.8, 4) is 11.3 Å². The van der Waals surface area contributed by atoms with E-state index >= 15 is 0 Å². The molecule has 8 heteroatoms. The van der Waals surface area contributed by atoms with Crippen molar-refractivity contribution in [3.63, 3.8) is 0 Å². The second-order valence-electron chi connectivity index (χ2n) is 6.85. The first kappa shape index (κ1) is 19.8. The number of nitrogens with zero attached hydrogens (tertiary/aromatic N) is 2. The molecule has 2 aromatic carbocycles. The molecular formula is C22H19N3O4S. The van der Waals surface area contributed by atoms with Crippen LogP contribution in [-0.2, 0) is 6.42 Å². The standard InChI is InChI=1S/C22H19N3O4S/c1-2-3-5-14-8-9-17-20(12-14)30-22(23-17)24-21(26)19-11-10-18(29-19)15-6-4-7-16(13-15)25(27)28/h4,6-13H,2-3,5H2,1H3,(H,23,24,26). The fourth-order valence-corrected chi connectivity index (χ4v) is 4.03. The highest BCUT2D eigenvalue weighted by Crippen LogP contribution is 2.29. The van der Waals surface area contributed by atoms with Crippen LogP contribution in [0.2, 0.25) is 0 Å². The molecule has 0 radical (unpaired) electrons. The fraction of sp³-hybridized carbons (Fsp3) is 0.182. The van der Waals surface area contributed by atoms with E-state index in [0.717, 1.165) is 29.5 Å². The molecule has 0 aliphatic heterocycles. The number of unbranched alkanes of at least 4 members (excludes halogenated alkanes) is 1. The predicted octanol–water partition coefficient (Wildman–Crippen LogP) is 6.06. The number of benzene rings is 2. The van der Waals surface area contributed by atoms with Crippen LogP contribution < -0.4 is 5.32 Å². The van der Waals surface area contributed by atoms with E-state index < -0.39 is 10.8 Å². The number of nitro groups is 1. The summed E-state index contributed by atoms with van der Waals surface area (Å²) in [5, 5.41) is 14.2. The molecule has 0 aliphatic carbocycles. The van der Waals surface area contributed by atoms with Crippen molar-refractivity contribution in [1.82, 2.24) is 4.98 Å². The third kappa shape index (κ3) is 4.23. The molecule has 4 aromatic rings. The molecule has 0 aliphatic rings. The summed E-state index contributed by atoms with van der Waals surface area (Å²) in [5.74, 6) is 0.0741. The van der Waals surface area contributed by atoms with Gasteiger partial charge in [0.1, 0.15) is 5.76 Å². The molecule has 0 saturated carbocycles. The summed E-state index contributed by atoms with van der Waals surface area (Å²) in [6.45, 7) is 2.16. The number of thiazole rings is 1. The van der Waals surface area contributed by atoms with E-state index in [1.165, 1.54) is 29.0 Å². The summed E-state index contributed by atoms with van der Waals surface area (Å²) in [7, 11) is 0. The number of anilines is 1. The van der Waals surface area contributed by atoms with Gasteiger partial charge in [0, 0.05) is 17.7 Å². The van der Waals surface area contributed by atoms with Crippen molar-refractivity contribution < 1.29 is 14.1 Å². The Morgan fingerprint density at radius 1 is 1.20 bits per heavy atom. The van der Waals surface area contributed by atoms with Gasteiger partial charge in [0.05, 0.1) is 15.1 Å². The molecule has 0 fully saturated rings. The fourth-order valence-electron chi connectivity index (χ4n) is 3.11. The number of carbonyl (C=O) groups is 1. The van der Waals surface area contributed by atoms with Crippen molar-refractivity contribution in [1.29, 1.82) is 0 Å². The van der Waals surface area contributed by atoms with E-state index in [2.05, 4.69) is 29.4 Å². The zero-order valence-electron chi connectivity index (χ0n) is 16.3. The molecule has 7 nitrogen and oxygen atoms in total. The van der Waals surface area contributed by atoms with Gasteiger partial charge in [-0.15, -0.1) is 0 Å². The minimum atomic E-state index is -0.471. The minimum absolute atomic E-state index is 0.0392. The molecule has 2 aromatic heterocycles. The molecule has 0 atom stereocenters. The van der Waals surface area contributed by atoms with E-state index in [1.54, 1.807) is 24.3 Å². The lowest BCUT2D eigenvalue weighted by molar-refractivity contribution is -0.384. The maximum Gasteiger partial charge on any atom is 0.293 e. The average molecular weight is 421 g/mol. The number of nitrogens with one attached hydrogen (secondary N) is 1. The molecule has 4 rings (SSSR count). The maximum atomic E-state index is 12.6. The summed E-state index contributed by atoms with van der Waals surface area (Å²) in [6.07, 6.45) is 3.31. The lowest BCUT2D eigenvalue weighted by atomic mass is 10.1. The van der Waals surface area contributed by atoms with E-state index in [9.17, 15) is 14.9 Å². The Hall–Kier alpha value is -3.52. The van der Waals surface area contributed by atoms with Crippen molar-refractivity contribution in [2.45, 2.75) is 26.2 Å². The second-order valence-corrected chi connectivity index (χ2v) is 7.88. The molecular weight excluding hydrogens is 402 g/mol. The van der Waals surface area contributed by atoms with E-state index in [0.29, 0.717) is 16.5 Å². The number of carbonyl (C=O) groups excluding carboxylic acids is 1. The number of amides is 1. The van der Waals surface area contributed by atoms with Crippen molar-refractivity contribution in [2.75, 3.05) is 5.32 Å². The average Bonchev–Trinajstić information content (AvgIpc) is 3.39. The Kier molecular flexibility index (Phi) is 5.58. The van der Waals surface area contributed by atoms with Crippen LogP contribution in [0, 0.1) is 10.1 Å². The number of non-ortho nitro benzene ring substituents is 1. The molecule has 1 N–H and O–H groups in total. The van der Waals surface area contributed by atoms with Crippen molar-refractivity contribution in [3.05, 3.63) is 76.0 Å². The van der Waals surface area contributed by atoms with E-state index in [-0.39, 0.29) is 11.4 Å². The highest BCUT2D eigenvalue weighted by Gasteiger charge is 2.16. The number of fused-ring (bicyclic) bond motifs is 1. The van der Waals surface area contributed by atoms with Gasteiger partial charge in [-0.2, -0.15) is 0 Å². The van der Waals surface area contributed by atoms with Gasteiger partial charge in [-0.25, -0.2) is 4.98 Å². The molecule has 0 spiro atoms. The van der Waals surface area contributed by atoms with E-state index in [1.807, 2.05) is 6.07 Å². The van der Waals surface area contributed by atoms with Crippen LogP contribution in [-0.4, -0.2) is 15.8 Å². The lowest BCUT2D eigenvalue weighted by Crippen LogP contribution is -2.10. The van der Waals surface area contributed by atoms with Gasteiger partial charge < -0.3 is 4.42 Å². The van der Waals surface area contributed by atoms with Gasteiger partial charge in [0.15, 0.2) is 10.9 Å². The number of nitro benzene ring substituents is 1. The second kappa shape index (κ2) is 8.46. The van der Waals surface area contributed by atoms with Crippen LogP contribution in [0.15, 0.2) is 59.0 Å². The third-order valence-electron chi connectivity index (χ3n) is 4.66. The number of furan rings is 1. The Bertz CT molecular complexity index is 1230. The Morgan fingerprint density at radius 2 is 2.07 bits per heavy atom. The highest BCUT2D eigenvalue weighted by atomic mass is 32.1. The Labute approximate surface area is 176 Å². The first-order chi connectivity index (χ1) is 14.5. The van der Waals surface area contributed by atoms with Crippen molar-refractivity contribution in [2.24, 2.45) is 0 Å². The normalized spacial score (nSPS) is 11.0. The largest absolute Gasteiger partial charge is 0.451 e. The van der Waals surface area contributed by atoms with Gasteiger partial charge in [-0.1, -0.05) is 42.9 Å². The summed E-state index contributed by atoms with van der Waals surface area (Å²) >= 11 is 1.42. The van der Waals surface area contributed by atoms with Gasteiger partial charge in [-0.3, -0.25) is 20.2 Å². The Morgan fingerprint density at radius 3 is 2.87 bits per heavy atom. The monoisotopic (exact) mass is 421 g/mol. The summed E-state index contributed by atoms with van der Waals surface area (Å²) in [6, 6.07) is 15.4. The number of hydrogen-bond acceptors (Lipinski definition) is 6. The zero-order valence-corrected chi connectivity index (χ0v) is 17.1. The molecule has 0 unspecified atom stereocenters. The zero-order chi connectivity index (χ0) is 21.1. The molecule has 1 amide bonds. The molecule has 2 heterocycles. The molecule has 152 valence electrons. The summed E-state index contributed by atoms with van der Waals surface area (Å²) < 4.78 is 6.64. The minimum Gasteiger partial charge on any atom is -0.451 e. The van der Waals surface area contributed by atoms with Crippen molar-refractivity contribution >= 4 is 38.3 Å². The number of aromatic nitrogens is 1. The number of rotatable bonds is 7. The van der Waals surface area contributed by atoms with Crippen LogP contribution in [0.1, 0.15) is 35.9 Å². The first-order valence-corrected chi connectivity index (χ1v) is 10.4. The first-order valence-electron chi connectivity index (χ1n) is 9.59. The predicted molar refractivity (Wildman–Crippen MR) is 117 cm³/mol. The quantitative estimate of drug-likeness (QED) is 0.289. The van der Waals surface area contributed by atoms with Gasteiger partial charge in [0.2, 0.25) is 0 Å². The number of aryl methyl sites for hydroxylation is 1. The smallest absolute Gasteiger partial charge is 0.293 e. The van der Waals surface area contributed by atoms with E-state index in [4.69, 9.17) is 4.42 Å². The SMILES string of the molecule is CCCCc1ccc2nc(NC(=O)c3ccc(-c4cccc([N+](=O)[O-])c4)o3)sc2c1. The molecule has 0 saturated heterocycles. The van der Waals surface area contributed by atoms with Crippen LogP contribution in [0.3, 0.4) is 0 Å². The summed E-state index contributed by atoms with van der Waals surface area (Å²) in [4.78, 5) is 27.5. The van der Waals surface area contributed by atoms with Gasteiger partial charge in [-0.05, 0) is 42.7 Å². The van der Waals surface area contributed by atoms with Crippen LogP contribution in [0.4, 0.5) is 10.8 Å². The Balaban J connectivity index is 1.50. The van der Waals surface area contributed by atoms with Gasteiger partial charge in [0.25, 0.3) is 11.6 Å².